The summed E-state index contributed by atoms with van der Waals surface area (Å²) in [5.74, 6) is 0.797. The molecule has 0 aromatic carbocycles. The summed E-state index contributed by atoms with van der Waals surface area (Å²) in [6.45, 7) is 2.51. The molecule has 0 aliphatic carbocycles. The Morgan fingerprint density at radius 2 is 2.25 bits per heavy atom. The van der Waals surface area contributed by atoms with Gasteiger partial charge in [-0.25, -0.2) is 0 Å². The van der Waals surface area contributed by atoms with Crippen molar-refractivity contribution in [2.45, 2.75) is 12.8 Å². The van der Waals surface area contributed by atoms with E-state index in [1.165, 1.54) is 31.6 Å². The van der Waals surface area contributed by atoms with Gasteiger partial charge in [0.1, 0.15) is 0 Å². The first-order valence-corrected chi connectivity index (χ1v) is 8.00. The fourth-order valence-electron chi connectivity index (χ4n) is 1.86. The SMILES string of the molecule is CN1CCC(C2=[N][In][CH]=C2)CC1. The first-order valence-electron chi connectivity index (χ1n) is 4.62. The molecular weight excluding hydrogens is 251 g/mol. The average Bonchev–Trinajstić information content (AvgIpc) is 2.58. The predicted molar refractivity (Wildman–Crippen MR) is 52.6 cm³/mol. The third-order valence-corrected chi connectivity index (χ3v) is 5.03. The first-order chi connectivity index (χ1) is 5.86. The van der Waals surface area contributed by atoms with Gasteiger partial charge in [-0.1, -0.05) is 0 Å². The van der Waals surface area contributed by atoms with Crippen LogP contribution in [-0.4, -0.2) is 53.9 Å². The summed E-state index contributed by atoms with van der Waals surface area (Å²) in [6, 6.07) is 0. The molecule has 12 heavy (non-hydrogen) atoms. The van der Waals surface area contributed by atoms with Crippen molar-refractivity contribution < 1.29 is 0 Å². The molecule has 0 aromatic heterocycles. The fourth-order valence-corrected chi connectivity index (χ4v) is 4.25. The Balaban J connectivity index is 1.93. The van der Waals surface area contributed by atoms with Gasteiger partial charge in [-0.2, -0.15) is 0 Å². The normalized spacial score (nSPS) is 25.6. The molecule has 0 amide bonds. The van der Waals surface area contributed by atoms with Crippen molar-refractivity contribution in [2.75, 3.05) is 20.1 Å². The fraction of sp³-hybridized carbons (Fsp3) is 0.667. The molecule has 3 heteroatoms. The van der Waals surface area contributed by atoms with Crippen LogP contribution < -0.4 is 0 Å². The molecule has 1 radical (unpaired) electrons. The Hall–Kier alpha value is 0.240. The van der Waals surface area contributed by atoms with E-state index in [0.717, 1.165) is 5.92 Å². The van der Waals surface area contributed by atoms with Crippen molar-refractivity contribution in [1.29, 1.82) is 0 Å². The van der Waals surface area contributed by atoms with Crippen LogP contribution >= 0.6 is 0 Å². The number of rotatable bonds is 1. The second kappa shape index (κ2) is 3.97. The van der Waals surface area contributed by atoms with Crippen molar-refractivity contribution in [3.05, 3.63) is 9.91 Å². The van der Waals surface area contributed by atoms with Crippen molar-refractivity contribution in [3.8, 4) is 0 Å². The first kappa shape index (κ1) is 8.82. The van der Waals surface area contributed by atoms with Gasteiger partial charge in [-0.15, -0.1) is 0 Å². The topological polar surface area (TPSA) is 15.6 Å². The second-order valence-corrected chi connectivity index (χ2v) is 6.33. The minimum absolute atomic E-state index is 0.568. The van der Waals surface area contributed by atoms with Gasteiger partial charge in [0.05, 0.1) is 0 Å². The molecule has 0 unspecified atom stereocenters. The summed E-state index contributed by atoms with van der Waals surface area (Å²) >= 11 is -0.568. The van der Waals surface area contributed by atoms with Crippen LogP contribution in [0.4, 0.5) is 0 Å². The number of likely N-dealkylation sites (tertiary alicyclic amines) is 1. The zero-order valence-electron chi connectivity index (χ0n) is 7.53. The number of nitrogens with zero attached hydrogens (tertiary/aromatic N) is 2. The molecule has 0 spiro atoms. The van der Waals surface area contributed by atoms with E-state index < -0.39 is 23.2 Å². The monoisotopic (exact) mass is 265 g/mol. The molecule has 0 atom stereocenters. The Morgan fingerprint density at radius 1 is 1.50 bits per heavy atom. The van der Waals surface area contributed by atoms with Gasteiger partial charge >= 0.3 is 85.6 Å². The number of allylic oxidation sites excluding steroid dienone is 1. The molecule has 0 saturated carbocycles. The van der Waals surface area contributed by atoms with Gasteiger partial charge in [-0.05, 0) is 0 Å². The van der Waals surface area contributed by atoms with Crippen LogP contribution in [0, 0.1) is 5.92 Å². The van der Waals surface area contributed by atoms with Crippen molar-refractivity contribution in [2.24, 2.45) is 8.90 Å². The minimum atomic E-state index is -0.568. The average molecular weight is 265 g/mol. The van der Waals surface area contributed by atoms with Crippen LogP contribution in [0.1, 0.15) is 12.8 Å². The van der Waals surface area contributed by atoms with E-state index in [2.05, 4.69) is 24.8 Å². The third-order valence-electron chi connectivity index (χ3n) is 2.71. The Morgan fingerprint density at radius 3 is 2.83 bits per heavy atom. The number of hydrogen-bond donors (Lipinski definition) is 0. The van der Waals surface area contributed by atoms with E-state index in [1.54, 1.807) is 0 Å². The van der Waals surface area contributed by atoms with Crippen LogP contribution in [0.25, 0.3) is 0 Å². The van der Waals surface area contributed by atoms with Gasteiger partial charge in [0.15, 0.2) is 0 Å². The number of hydrogen-bond acceptors (Lipinski definition) is 2. The Bertz CT molecular complexity index is 215. The molecule has 2 aliphatic rings. The van der Waals surface area contributed by atoms with Gasteiger partial charge in [0, 0.05) is 0 Å². The van der Waals surface area contributed by atoms with Crippen molar-refractivity contribution in [1.82, 2.24) is 4.90 Å². The summed E-state index contributed by atoms with van der Waals surface area (Å²) < 4.78 is 7.01. The second-order valence-electron chi connectivity index (χ2n) is 3.64. The number of piperidine rings is 1. The molecule has 1 saturated heterocycles. The molecule has 2 rings (SSSR count). The quantitative estimate of drug-likeness (QED) is 0.688. The van der Waals surface area contributed by atoms with E-state index in [4.69, 9.17) is 0 Å². The van der Waals surface area contributed by atoms with Crippen LogP contribution in [0.15, 0.2) is 12.9 Å². The summed E-state index contributed by atoms with van der Waals surface area (Å²) in [6.07, 6.45) is 4.93. The molecule has 2 heterocycles. The van der Waals surface area contributed by atoms with Crippen LogP contribution in [-0.2, 0) is 0 Å². The molecule has 2 aliphatic heterocycles. The maximum absolute atomic E-state index is 4.66. The van der Waals surface area contributed by atoms with Crippen LogP contribution in [0.2, 0.25) is 0 Å². The standard InChI is InChI=1S/C9H14N2.In/c1-3-9(10)8-4-6-11(2)7-5-8;/h1,3,8H,4-7H2,2H3;/q-1;+1. The third kappa shape index (κ3) is 1.94. The van der Waals surface area contributed by atoms with E-state index in [0.29, 0.717) is 0 Å². The van der Waals surface area contributed by atoms with Crippen LogP contribution in [0.3, 0.4) is 0 Å². The van der Waals surface area contributed by atoms with E-state index >= 15 is 0 Å². The van der Waals surface area contributed by atoms with Crippen molar-refractivity contribution in [3.63, 3.8) is 0 Å². The summed E-state index contributed by atoms with van der Waals surface area (Å²) in [7, 11) is 2.21. The van der Waals surface area contributed by atoms with Gasteiger partial charge in [-0.3, -0.25) is 0 Å². The van der Waals surface area contributed by atoms with Gasteiger partial charge in [0.2, 0.25) is 0 Å². The summed E-state index contributed by atoms with van der Waals surface area (Å²) in [5, 5.41) is 0. The van der Waals surface area contributed by atoms with Crippen LogP contribution in [0.5, 0.6) is 0 Å². The van der Waals surface area contributed by atoms with E-state index in [1.807, 2.05) is 0 Å². The van der Waals surface area contributed by atoms with Gasteiger partial charge < -0.3 is 0 Å². The van der Waals surface area contributed by atoms with E-state index in [9.17, 15) is 0 Å². The zero-order valence-corrected chi connectivity index (χ0v) is 10.8. The molecule has 0 bridgehead atoms. The molecular formula is C9H14InN2. The molecule has 0 aromatic rings. The van der Waals surface area contributed by atoms with E-state index in [-0.39, 0.29) is 0 Å². The molecule has 1 fully saturated rings. The Labute approximate surface area is 85.5 Å². The molecule has 0 N–H and O–H groups in total. The summed E-state index contributed by atoms with van der Waals surface area (Å²) in [4.78, 5) is 2.41. The maximum atomic E-state index is 4.66. The molecule has 63 valence electrons. The summed E-state index contributed by atoms with van der Waals surface area (Å²) in [5.41, 5.74) is 1.43. The van der Waals surface area contributed by atoms with Crippen molar-refractivity contribution >= 4 is 28.9 Å². The molecule has 2 nitrogen and oxygen atoms in total. The Kier molecular flexibility index (Phi) is 2.92. The zero-order chi connectivity index (χ0) is 8.39. The van der Waals surface area contributed by atoms with Gasteiger partial charge in [0.25, 0.3) is 0 Å². The predicted octanol–water partition coefficient (Wildman–Crippen LogP) is 0.916.